The van der Waals surface area contributed by atoms with Gasteiger partial charge < -0.3 is 0 Å². The normalized spacial score (nSPS) is 36.5. The third-order valence-electron chi connectivity index (χ3n) is 5.34. The first-order chi connectivity index (χ1) is 12.7. The molecule has 1 aliphatic heterocycles. The van der Waals surface area contributed by atoms with Crippen LogP contribution in [-0.2, 0) is 15.8 Å². The topological polar surface area (TPSA) is 37.4 Å². The van der Waals surface area contributed by atoms with Gasteiger partial charge in [-0.2, -0.15) is 13.2 Å². The highest BCUT2D eigenvalue weighted by atomic mass is 35.5. The van der Waals surface area contributed by atoms with Crippen LogP contribution >= 0.6 is 69.6 Å². The lowest BCUT2D eigenvalue weighted by atomic mass is 9.84. The Hall–Kier alpha value is -0.370. The summed E-state index contributed by atoms with van der Waals surface area (Å²) in [4.78, 5) is 22.7. The molecule has 4 rings (SSSR count). The molecule has 0 radical (unpaired) electrons. The molecule has 150 valence electrons. The van der Waals surface area contributed by atoms with Crippen molar-refractivity contribution in [3.8, 4) is 0 Å². The summed E-state index contributed by atoms with van der Waals surface area (Å²) in [5, 5.41) is -0.548. The maximum absolute atomic E-state index is 13.1. The number of carbonyl (C=O) groups is 2. The number of rotatable bonds is 1. The molecule has 0 spiro atoms. The van der Waals surface area contributed by atoms with Gasteiger partial charge in [0, 0.05) is 0 Å². The number of allylic oxidation sites excluding steroid dienone is 2. The van der Waals surface area contributed by atoms with Gasteiger partial charge in [0.2, 0.25) is 11.8 Å². The fourth-order valence-corrected chi connectivity index (χ4v) is 7.00. The zero-order valence-electron chi connectivity index (χ0n) is 13.1. The van der Waals surface area contributed by atoms with E-state index in [0.29, 0.717) is 11.0 Å². The number of alkyl halides is 7. The van der Waals surface area contributed by atoms with Gasteiger partial charge in [0.1, 0.15) is 9.75 Å². The third-order valence-corrected chi connectivity index (χ3v) is 9.60. The number of benzene rings is 1. The van der Waals surface area contributed by atoms with Crippen LogP contribution in [-0.4, -0.2) is 25.9 Å². The summed E-state index contributed by atoms with van der Waals surface area (Å²) >= 11 is 38.1. The summed E-state index contributed by atoms with van der Waals surface area (Å²) < 4.78 is 37.0. The number of amides is 2. The molecule has 1 saturated heterocycles. The number of hydrogen-bond donors (Lipinski definition) is 0. The van der Waals surface area contributed by atoms with Crippen molar-refractivity contribution in [2.24, 2.45) is 11.8 Å². The molecule has 2 aliphatic carbocycles. The van der Waals surface area contributed by atoms with Crippen molar-refractivity contribution in [2.75, 3.05) is 4.90 Å². The molecule has 28 heavy (non-hydrogen) atoms. The summed E-state index contributed by atoms with van der Waals surface area (Å²) in [6, 6.07) is 3.73. The van der Waals surface area contributed by atoms with Gasteiger partial charge in [-0.05, 0) is 18.2 Å². The number of halogens is 9. The highest BCUT2D eigenvalue weighted by molar-refractivity contribution is 6.67. The quantitative estimate of drug-likeness (QED) is 0.359. The monoisotopic (exact) mass is 511 g/mol. The molecular weight excluding hydrogens is 508 g/mol. The first kappa shape index (κ1) is 20.9. The van der Waals surface area contributed by atoms with E-state index in [9.17, 15) is 22.8 Å². The molecule has 0 N–H and O–H groups in total. The maximum Gasteiger partial charge on any atom is 0.416 e. The molecule has 2 bridgehead atoms. The second kappa shape index (κ2) is 5.86. The summed E-state index contributed by atoms with van der Waals surface area (Å²) in [6.45, 7) is 0. The fourth-order valence-electron chi connectivity index (χ4n) is 4.07. The van der Waals surface area contributed by atoms with E-state index in [0.717, 1.165) is 12.1 Å². The van der Waals surface area contributed by atoms with E-state index in [-0.39, 0.29) is 15.8 Å². The van der Waals surface area contributed by atoms with Crippen LogP contribution in [0.3, 0.4) is 0 Å². The maximum atomic E-state index is 13.1. The average Bonchev–Trinajstić information content (AvgIpc) is 2.99. The summed E-state index contributed by atoms with van der Waals surface area (Å²) in [5.41, 5.74) is -1.33. The van der Waals surface area contributed by atoms with Crippen LogP contribution in [0, 0.1) is 11.8 Å². The van der Waals surface area contributed by atoms with E-state index in [1.165, 1.54) is 6.07 Å². The number of hydrogen-bond acceptors (Lipinski definition) is 2. The largest absolute Gasteiger partial charge is 0.416 e. The van der Waals surface area contributed by atoms with Crippen LogP contribution in [0.25, 0.3) is 0 Å². The molecule has 1 aromatic carbocycles. The van der Waals surface area contributed by atoms with Gasteiger partial charge in [0.05, 0.1) is 33.2 Å². The highest BCUT2D eigenvalue weighted by Gasteiger charge is 2.87. The molecule has 2 fully saturated rings. The lowest BCUT2D eigenvalue weighted by Gasteiger charge is -2.34. The van der Waals surface area contributed by atoms with E-state index < -0.39 is 49.5 Å². The van der Waals surface area contributed by atoms with Crippen molar-refractivity contribution < 1.29 is 22.8 Å². The number of carbonyl (C=O) groups excluding carboxylic acids is 2. The van der Waals surface area contributed by atoms with Gasteiger partial charge in [-0.3, -0.25) is 9.59 Å². The Morgan fingerprint density at radius 2 is 1.36 bits per heavy atom. The van der Waals surface area contributed by atoms with Crippen molar-refractivity contribution in [3.63, 3.8) is 0 Å². The van der Waals surface area contributed by atoms with Crippen LogP contribution < -0.4 is 4.90 Å². The van der Waals surface area contributed by atoms with Gasteiger partial charge in [-0.25, -0.2) is 4.90 Å². The molecule has 12 heteroatoms. The van der Waals surface area contributed by atoms with Crippen LogP contribution in [0.4, 0.5) is 18.9 Å². The molecule has 3 nitrogen and oxygen atoms in total. The van der Waals surface area contributed by atoms with Crippen LogP contribution in [0.1, 0.15) is 5.56 Å². The number of imide groups is 1. The van der Waals surface area contributed by atoms with Crippen LogP contribution in [0.5, 0.6) is 0 Å². The van der Waals surface area contributed by atoms with Gasteiger partial charge in [0.25, 0.3) is 0 Å². The van der Waals surface area contributed by atoms with Crippen molar-refractivity contribution in [3.05, 3.63) is 39.9 Å². The van der Waals surface area contributed by atoms with Gasteiger partial charge >= 0.3 is 6.18 Å². The van der Waals surface area contributed by atoms with E-state index in [1.807, 2.05) is 0 Å². The molecule has 1 saturated carbocycles. The van der Waals surface area contributed by atoms with Crippen molar-refractivity contribution in [2.45, 2.75) is 20.3 Å². The Kier molecular flexibility index (Phi) is 4.37. The Bertz CT molecular complexity index is 933. The minimum atomic E-state index is -4.67. The van der Waals surface area contributed by atoms with Gasteiger partial charge in [-0.15, -0.1) is 23.2 Å². The van der Waals surface area contributed by atoms with E-state index in [1.54, 1.807) is 0 Å². The zero-order chi connectivity index (χ0) is 21.0. The molecule has 3 aliphatic rings. The number of fused-ring (bicyclic) bond motifs is 5. The molecule has 2 amide bonds. The lowest BCUT2D eigenvalue weighted by molar-refractivity contribution is -0.137. The minimum absolute atomic E-state index is 0.274. The van der Waals surface area contributed by atoms with Gasteiger partial charge in [-0.1, -0.05) is 52.5 Å². The molecule has 0 aromatic heterocycles. The standard InChI is InChI=1S/C16H6Cl6F3NO2/c17-9-10(18)14(20)8-7(13(9,19)16(14,21)22)11(27)26(12(8)28)6-3-1-2-5(4-6)15(23,24)25/h1-4,7-8H/t7-,8+,13-,14-/m1/s1. The number of anilines is 1. The average molecular weight is 514 g/mol. The van der Waals surface area contributed by atoms with Crippen molar-refractivity contribution in [1.29, 1.82) is 0 Å². The molecule has 0 unspecified atom stereocenters. The number of nitrogens with zero attached hydrogens (tertiary/aromatic N) is 1. The molecule has 1 heterocycles. The van der Waals surface area contributed by atoms with E-state index in [4.69, 9.17) is 69.6 Å². The highest BCUT2D eigenvalue weighted by Crippen LogP contribution is 2.77. The minimum Gasteiger partial charge on any atom is -0.274 e. The SMILES string of the molecule is O=C1[C@@H]2[C@H](C(=O)N1c1cccc(C(F)(F)F)c1)[C@@]1(Cl)C(Cl)=C(Cl)[C@@]2(Cl)C1(Cl)Cl. The molecule has 4 atom stereocenters. The van der Waals surface area contributed by atoms with Gasteiger partial charge in [0.15, 0.2) is 4.33 Å². The third kappa shape index (κ3) is 2.12. The summed E-state index contributed by atoms with van der Waals surface area (Å²) in [5.74, 6) is -4.64. The second-order valence-corrected chi connectivity index (χ2v) is 9.92. The van der Waals surface area contributed by atoms with Crippen LogP contribution in [0.15, 0.2) is 34.3 Å². The Morgan fingerprint density at radius 1 is 0.893 bits per heavy atom. The van der Waals surface area contributed by atoms with E-state index >= 15 is 0 Å². The smallest absolute Gasteiger partial charge is 0.274 e. The zero-order valence-corrected chi connectivity index (χ0v) is 17.7. The summed E-state index contributed by atoms with van der Waals surface area (Å²) in [6.07, 6.45) is -4.67. The first-order valence-electron chi connectivity index (χ1n) is 7.59. The van der Waals surface area contributed by atoms with Crippen molar-refractivity contribution >= 4 is 87.1 Å². The lowest BCUT2D eigenvalue weighted by Crippen LogP contribution is -2.50. The summed E-state index contributed by atoms with van der Waals surface area (Å²) in [7, 11) is 0. The first-order valence-corrected chi connectivity index (χ1v) is 9.86. The van der Waals surface area contributed by atoms with Crippen molar-refractivity contribution in [1.82, 2.24) is 0 Å². The predicted molar refractivity (Wildman–Crippen MR) is 101 cm³/mol. The Labute approximate surface area is 186 Å². The second-order valence-electron chi connectivity index (χ2n) is 6.64. The van der Waals surface area contributed by atoms with E-state index in [2.05, 4.69) is 0 Å². The predicted octanol–water partition coefficient (Wildman–Crippen LogP) is 5.66. The Balaban J connectivity index is 1.87. The fraction of sp³-hybridized carbons (Fsp3) is 0.375. The van der Waals surface area contributed by atoms with Crippen LogP contribution in [0.2, 0.25) is 0 Å². The Morgan fingerprint density at radius 3 is 1.79 bits per heavy atom. The molecule has 1 aromatic rings. The molecular formula is C16H6Cl6F3NO2.